The van der Waals surface area contributed by atoms with Gasteiger partial charge >= 0.3 is 0 Å². The molecule has 0 heterocycles. The summed E-state index contributed by atoms with van der Waals surface area (Å²) in [6.45, 7) is 2.17. The van der Waals surface area contributed by atoms with Crippen LogP contribution in [0.3, 0.4) is 0 Å². The summed E-state index contributed by atoms with van der Waals surface area (Å²) in [6.07, 6.45) is 5.61. The van der Waals surface area contributed by atoms with E-state index in [4.69, 9.17) is 5.73 Å². The van der Waals surface area contributed by atoms with Crippen LogP contribution in [0.4, 0.5) is 0 Å². The third-order valence-electron chi connectivity index (χ3n) is 5.84. The highest BCUT2D eigenvalue weighted by Crippen LogP contribution is 2.70. The summed E-state index contributed by atoms with van der Waals surface area (Å²) in [4.78, 5) is 0. The first-order valence-electron chi connectivity index (χ1n) is 7.55. The van der Waals surface area contributed by atoms with Crippen LogP contribution < -0.4 is 5.73 Å². The predicted molar refractivity (Wildman–Crippen MR) is 74.2 cm³/mol. The van der Waals surface area contributed by atoms with Crippen LogP contribution in [0.15, 0.2) is 24.3 Å². The highest BCUT2D eigenvalue weighted by molar-refractivity contribution is 5.24. The average molecular weight is 241 g/mol. The van der Waals surface area contributed by atoms with E-state index in [1.165, 1.54) is 30.4 Å². The van der Waals surface area contributed by atoms with Crippen molar-refractivity contribution in [1.29, 1.82) is 0 Å². The average Bonchev–Trinajstić information content (AvgIpc) is 2.79. The van der Waals surface area contributed by atoms with Gasteiger partial charge in [-0.25, -0.2) is 0 Å². The largest absolute Gasteiger partial charge is 0.327 e. The second-order valence-corrected chi connectivity index (χ2v) is 6.92. The molecule has 2 bridgehead atoms. The van der Waals surface area contributed by atoms with Crippen molar-refractivity contribution < 1.29 is 0 Å². The number of rotatable bonds is 3. The molecule has 1 nitrogen and oxygen atoms in total. The van der Waals surface area contributed by atoms with Gasteiger partial charge in [-0.1, -0.05) is 29.8 Å². The molecule has 5 unspecified atom stereocenters. The fraction of sp³-hybridized carbons (Fsp3) is 0.647. The first kappa shape index (κ1) is 11.0. The minimum atomic E-state index is 0.408. The summed E-state index contributed by atoms with van der Waals surface area (Å²) in [5, 5.41) is 0. The van der Waals surface area contributed by atoms with E-state index in [0.717, 1.165) is 36.0 Å². The maximum atomic E-state index is 6.50. The maximum Gasteiger partial charge on any atom is 0.0113 e. The van der Waals surface area contributed by atoms with Gasteiger partial charge in [0.2, 0.25) is 0 Å². The van der Waals surface area contributed by atoms with Crippen LogP contribution >= 0.6 is 0 Å². The lowest BCUT2D eigenvalue weighted by molar-refractivity contribution is 0.409. The van der Waals surface area contributed by atoms with E-state index in [2.05, 4.69) is 31.2 Å². The summed E-state index contributed by atoms with van der Waals surface area (Å²) >= 11 is 0. The molecule has 1 aromatic rings. The van der Waals surface area contributed by atoms with E-state index in [1.54, 1.807) is 0 Å². The Balaban J connectivity index is 1.45. The number of aryl methyl sites for hydroxylation is 1. The van der Waals surface area contributed by atoms with Crippen LogP contribution in [0, 0.1) is 36.5 Å². The molecule has 96 valence electrons. The third-order valence-corrected chi connectivity index (χ3v) is 5.84. The lowest BCUT2D eigenvalue weighted by Gasteiger charge is -2.16. The van der Waals surface area contributed by atoms with Crippen molar-refractivity contribution in [2.75, 3.05) is 0 Å². The molecule has 3 aliphatic rings. The number of fused-ring (bicyclic) bond motifs is 5. The molecule has 0 radical (unpaired) electrons. The summed E-state index contributed by atoms with van der Waals surface area (Å²) in [7, 11) is 0. The van der Waals surface area contributed by atoms with Gasteiger partial charge in [0.25, 0.3) is 0 Å². The number of benzene rings is 1. The van der Waals surface area contributed by atoms with Gasteiger partial charge in [-0.05, 0) is 67.8 Å². The van der Waals surface area contributed by atoms with Gasteiger partial charge in [0, 0.05) is 6.04 Å². The van der Waals surface area contributed by atoms with Gasteiger partial charge in [-0.2, -0.15) is 0 Å². The molecule has 0 saturated heterocycles. The van der Waals surface area contributed by atoms with Gasteiger partial charge in [-0.15, -0.1) is 0 Å². The van der Waals surface area contributed by atoms with Crippen LogP contribution in [0.5, 0.6) is 0 Å². The maximum absolute atomic E-state index is 6.50. The lowest BCUT2D eigenvalue weighted by atomic mass is 9.93. The van der Waals surface area contributed by atoms with E-state index in [-0.39, 0.29) is 0 Å². The lowest BCUT2D eigenvalue weighted by Crippen LogP contribution is -2.28. The van der Waals surface area contributed by atoms with Crippen molar-refractivity contribution in [1.82, 2.24) is 0 Å². The Bertz CT molecular complexity index is 450. The number of nitrogens with two attached hydrogens (primary N) is 1. The summed E-state index contributed by atoms with van der Waals surface area (Å²) < 4.78 is 0. The van der Waals surface area contributed by atoms with Crippen molar-refractivity contribution in [2.24, 2.45) is 35.3 Å². The van der Waals surface area contributed by atoms with Crippen molar-refractivity contribution in [3.63, 3.8) is 0 Å². The van der Waals surface area contributed by atoms with Gasteiger partial charge in [0.15, 0.2) is 0 Å². The zero-order chi connectivity index (χ0) is 12.3. The van der Waals surface area contributed by atoms with Crippen molar-refractivity contribution >= 4 is 0 Å². The molecule has 5 atom stereocenters. The van der Waals surface area contributed by atoms with E-state index in [9.17, 15) is 0 Å². The number of hydrogen-bond donors (Lipinski definition) is 1. The van der Waals surface area contributed by atoms with Crippen LogP contribution in [0.1, 0.15) is 30.4 Å². The molecule has 1 aromatic carbocycles. The topological polar surface area (TPSA) is 26.0 Å². The zero-order valence-electron chi connectivity index (χ0n) is 11.2. The van der Waals surface area contributed by atoms with E-state index in [0.29, 0.717) is 6.04 Å². The first-order chi connectivity index (χ1) is 8.74. The molecule has 3 aliphatic carbocycles. The molecular formula is C17H23N. The molecule has 0 aliphatic heterocycles. The molecular weight excluding hydrogens is 218 g/mol. The molecule has 3 saturated carbocycles. The van der Waals surface area contributed by atoms with Crippen LogP contribution in [0.2, 0.25) is 0 Å². The summed E-state index contributed by atoms with van der Waals surface area (Å²) in [5.74, 6) is 4.99. The van der Waals surface area contributed by atoms with Gasteiger partial charge in [-0.3, -0.25) is 0 Å². The standard InChI is InChI=1S/C17H23N/c1-10-3-2-4-11(7-10)8-14(18)17-15-12-5-6-13(9-12)16(15)17/h2-4,7,12-17H,5-6,8-9,18H2,1H3. The van der Waals surface area contributed by atoms with Crippen molar-refractivity contribution in [3.05, 3.63) is 35.4 Å². The highest BCUT2D eigenvalue weighted by Gasteiger charge is 2.65. The number of hydrogen-bond acceptors (Lipinski definition) is 1. The fourth-order valence-electron chi connectivity index (χ4n) is 5.21. The van der Waals surface area contributed by atoms with E-state index in [1.807, 2.05) is 0 Å². The molecule has 4 rings (SSSR count). The van der Waals surface area contributed by atoms with E-state index >= 15 is 0 Å². The smallest absolute Gasteiger partial charge is 0.0113 e. The molecule has 2 N–H and O–H groups in total. The molecule has 0 spiro atoms. The van der Waals surface area contributed by atoms with Crippen LogP contribution in [-0.4, -0.2) is 6.04 Å². The predicted octanol–water partition coefficient (Wildman–Crippen LogP) is 3.16. The molecule has 18 heavy (non-hydrogen) atoms. The van der Waals surface area contributed by atoms with Crippen molar-refractivity contribution in [2.45, 2.75) is 38.6 Å². The molecule has 0 amide bonds. The Morgan fingerprint density at radius 1 is 1.22 bits per heavy atom. The minimum absolute atomic E-state index is 0.408. The molecule has 1 heteroatoms. The molecule has 3 fully saturated rings. The quantitative estimate of drug-likeness (QED) is 0.864. The third kappa shape index (κ3) is 1.56. The Hall–Kier alpha value is -0.820. The summed E-state index contributed by atoms with van der Waals surface area (Å²) in [6, 6.07) is 9.27. The fourth-order valence-corrected chi connectivity index (χ4v) is 5.21. The Morgan fingerprint density at radius 3 is 2.61 bits per heavy atom. The van der Waals surface area contributed by atoms with Crippen LogP contribution in [0.25, 0.3) is 0 Å². The first-order valence-corrected chi connectivity index (χ1v) is 7.55. The highest BCUT2D eigenvalue weighted by atomic mass is 14.8. The second kappa shape index (κ2) is 3.84. The molecule has 0 aromatic heterocycles. The van der Waals surface area contributed by atoms with Gasteiger partial charge < -0.3 is 5.73 Å². The van der Waals surface area contributed by atoms with E-state index < -0.39 is 0 Å². The Morgan fingerprint density at radius 2 is 1.94 bits per heavy atom. The normalized spacial score (nSPS) is 41.8. The van der Waals surface area contributed by atoms with Crippen LogP contribution in [-0.2, 0) is 6.42 Å². The van der Waals surface area contributed by atoms with Gasteiger partial charge in [0.05, 0.1) is 0 Å². The zero-order valence-corrected chi connectivity index (χ0v) is 11.2. The Kier molecular flexibility index (Phi) is 2.35. The second-order valence-electron chi connectivity index (χ2n) is 6.92. The van der Waals surface area contributed by atoms with Gasteiger partial charge in [0.1, 0.15) is 0 Å². The minimum Gasteiger partial charge on any atom is -0.327 e. The Labute approximate surface area is 110 Å². The summed E-state index contributed by atoms with van der Waals surface area (Å²) in [5.41, 5.74) is 9.29. The van der Waals surface area contributed by atoms with Crippen molar-refractivity contribution in [3.8, 4) is 0 Å². The SMILES string of the molecule is Cc1cccc(CC(N)C2C3C4CCC(C4)C23)c1. The monoisotopic (exact) mass is 241 g/mol.